The maximum atomic E-state index is 12.9. The minimum atomic E-state index is -0.291. The van der Waals surface area contributed by atoms with Crippen molar-refractivity contribution in [2.24, 2.45) is 10.9 Å². The molecule has 6 heteroatoms. The Kier molecular flexibility index (Phi) is 5.25. The second-order valence-corrected chi connectivity index (χ2v) is 5.81. The van der Waals surface area contributed by atoms with E-state index in [1.807, 2.05) is 6.07 Å². The second-order valence-electron chi connectivity index (χ2n) is 5.81. The Morgan fingerprint density at radius 3 is 2.62 bits per heavy atom. The van der Waals surface area contributed by atoms with E-state index < -0.39 is 0 Å². The van der Waals surface area contributed by atoms with Crippen LogP contribution in [0.4, 0.5) is 4.39 Å². The topological polar surface area (TPSA) is 58.5 Å². The molecular formula is C18H21FN4O. The molecule has 0 saturated heterocycles. The van der Waals surface area contributed by atoms with Gasteiger partial charge in [0, 0.05) is 32.4 Å². The summed E-state index contributed by atoms with van der Waals surface area (Å²) in [5.41, 5.74) is 1.02. The number of nitrogens with one attached hydrogen (secondary N) is 2. The number of guanidine groups is 1. The molecule has 0 spiro atoms. The maximum absolute atomic E-state index is 12.9. The molecule has 1 aliphatic carbocycles. The molecule has 1 aromatic carbocycles. The van der Waals surface area contributed by atoms with Gasteiger partial charge in [0.05, 0.1) is 0 Å². The molecule has 1 aromatic heterocycles. The van der Waals surface area contributed by atoms with E-state index in [-0.39, 0.29) is 5.82 Å². The van der Waals surface area contributed by atoms with Crippen molar-refractivity contribution in [3.8, 4) is 11.6 Å². The fourth-order valence-corrected chi connectivity index (χ4v) is 2.17. The molecule has 1 aliphatic rings. The summed E-state index contributed by atoms with van der Waals surface area (Å²) in [7, 11) is 1.76. The summed E-state index contributed by atoms with van der Waals surface area (Å²) < 4.78 is 18.4. The molecule has 5 nitrogen and oxygen atoms in total. The molecule has 3 rings (SSSR count). The first-order valence-corrected chi connectivity index (χ1v) is 8.06. The zero-order valence-corrected chi connectivity index (χ0v) is 13.6. The minimum Gasteiger partial charge on any atom is -0.439 e. The Morgan fingerprint density at radius 2 is 2.00 bits per heavy atom. The third-order valence-electron chi connectivity index (χ3n) is 3.77. The van der Waals surface area contributed by atoms with E-state index in [4.69, 9.17) is 4.74 Å². The molecule has 0 unspecified atom stereocenters. The van der Waals surface area contributed by atoms with Crippen molar-refractivity contribution in [1.82, 2.24) is 15.6 Å². The first kappa shape index (κ1) is 16.2. The summed E-state index contributed by atoms with van der Waals surface area (Å²) in [5, 5.41) is 6.57. The standard InChI is InChI=1S/C18H21FN4O/c1-20-18(22-10-13-2-3-13)23-12-14-4-9-17(21-11-14)24-16-7-5-15(19)6-8-16/h4-9,11,13H,2-3,10,12H2,1H3,(H2,20,22,23). The molecule has 0 amide bonds. The number of aliphatic imine (C=N–C) groups is 1. The fraction of sp³-hybridized carbons (Fsp3) is 0.333. The van der Waals surface area contributed by atoms with E-state index >= 15 is 0 Å². The van der Waals surface area contributed by atoms with Gasteiger partial charge < -0.3 is 15.4 Å². The molecule has 0 radical (unpaired) electrons. The van der Waals surface area contributed by atoms with Gasteiger partial charge >= 0.3 is 0 Å². The van der Waals surface area contributed by atoms with Gasteiger partial charge in [-0.1, -0.05) is 6.07 Å². The fourth-order valence-electron chi connectivity index (χ4n) is 2.17. The van der Waals surface area contributed by atoms with Gasteiger partial charge in [-0.2, -0.15) is 0 Å². The normalized spacial score (nSPS) is 14.3. The van der Waals surface area contributed by atoms with Crippen molar-refractivity contribution in [2.75, 3.05) is 13.6 Å². The Labute approximate surface area is 141 Å². The number of hydrogen-bond acceptors (Lipinski definition) is 3. The van der Waals surface area contributed by atoms with Crippen molar-refractivity contribution in [3.05, 3.63) is 54.0 Å². The third kappa shape index (κ3) is 4.94. The molecule has 0 bridgehead atoms. The van der Waals surface area contributed by atoms with E-state index in [1.165, 1.54) is 25.0 Å². The van der Waals surface area contributed by atoms with Gasteiger partial charge in [-0.15, -0.1) is 0 Å². The number of hydrogen-bond donors (Lipinski definition) is 2. The summed E-state index contributed by atoms with van der Waals surface area (Å²) in [5.74, 6) is 2.34. The van der Waals surface area contributed by atoms with Gasteiger partial charge in [-0.3, -0.25) is 4.99 Å². The van der Waals surface area contributed by atoms with Gasteiger partial charge in [-0.05, 0) is 48.6 Å². The van der Waals surface area contributed by atoms with Crippen LogP contribution in [-0.2, 0) is 6.54 Å². The van der Waals surface area contributed by atoms with Crippen molar-refractivity contribution in [2.45, 2.75) is 19.4 Å². The summed E-state index contributed by atoms with van der Waals surface area (Å²) in [6.07, 6.45) is 4.37. The van der Waals surface area contributed by atoms with Crippen LogP contribution in [-0.4, -0.2) is 24.5 Å². The highest BCUT2D eigenvalue weighted by Crippen LogP contribution is 2.27. The molecule has 0 atom stereocenters. The minimum absolute atomic E-state index is 0.291. The lowest BCUT2D eigenvalue weighted by Crippen LogP contribution is -2.37. The summed E-state index contributed by atoms with van der Waals surface area (Å²) >= 11 is 0. The van der Waals surface area contributed by atoms with E-state index in [1.54, 1.807) is 31.4 Å². The molecular weight excluding hydrogens is 307 g/mol. The molecule has 0 aliphatic heterocycles. The number of rotatable bonds is 6. The van der Waals surface area contributed by atoms with Crippen LogP contribution in [0.5, 0.6) is 11.6 Å². The average Bonchev–Trinajstić information content (AvgIpc) is 3.43. The first-order chi connectivity index (χ1) is 11.7. The highest BCUT2D eigenvalue weighted by atomic mass is 19.1. The molecule has 1 saturated carbocycles. The number of pyridine rings is 1. The van der Waals surface area contributed by atoms with Crippen LogP contribution >= 0.6 is 0 Å². The van der Waals surface area contributed by atoms with Crippen LogP contribution in [0, 0.1) is 11.7 Å². The van der Waals surface area contributed by atoms with Gasteiger partial charge in [0.2, 0.25) is 5.88 Å². The first-order valence-electron chi connectivity index (χ1n) is 8.06. The lowest BCUT2D eigenvalue weighted by molar-refractivity contribution is 0.461. The van der Waals surface area contributed by atoms with E-state index in [0.717, 1.165) is 24.0 Å². The molecule has 126 valence electrons. The van der Waals surface area contributed by atoms with Gasteiger partial charge in [0.15, 0.2) is 5.96 Å². The molecule has 2 N–H and O–H groups in total. The second kappa shape index (κ2) is 7.77. The van der Waals surface area contributed by atoms with Gasteiger partial charge in [-0.25, -0.2) is 9.37 Å². The lowest BCUT2D eigenvalue weighted by atomic mass is 10.3. The van der Waals surface area contributed by atoms with Crippen LogP contribution in [0.1, 0.15) is 18.4 Å². The number of halogens is 1. The molecule has 1 heterocycles. The SMILES string of the molecule is CN=C(NCc1ccc(Oc2ccc(F)cc2)nc1)NCC1CC1. The highest BCUT2D eigenvalue weighted by Gasteiger charge is 2.20. The third-order valence-corrected chi connectivity index (χ3v) is 3.77. The Balaban J connectivity index is 1.49. The summed E-state index contributed by atoms with van der Waals surface area (Å²) in [6.45, 7) is 1.61. The Morgan fingerprint density at radius 1 is 1.21 bits per heavy atom. The van der Waals surface area contributed by atoms with Crippen LogP contribution in [0.25, 0.3) is 0 Å². The summed E-state index contributed by atoms with van der Waals surface area (Å²) in [4.78, 5) is 8.47. The van der Waals surface area contributed by atoms with Crippen LogP contribution in [0.15, 0.2) is 47.6 Å². The number of ether oxygens (including phenoxy) is 1. The van der Waals surface area contributed by atoms with Gasteiger partial charge in [0.1, 0.15) is 11.6 Å². The Bertz CT molecular complexity index is 681. The van der Waals surface area contributed by atoms with E-state index in [2.05, 4.69) is 20.6 Å². The molecule has 1 fully saturated rings. The quantitative estimate of drug-likeness (QED) is 0.632. The molecule has 2 aromatic rings. The summed E-state index contributed by atoms with van der Waals surface area (Å²) in [6, 6.07) is 9.58. The van der Waals surface area contributed by atoms with Crippen molar-refractivity contribution >= 4 is 5.96 Å². The van der Waals surface area contributed by atoms with Crippen molar-refractivity contribution < 1.29 is 9.13 Å². The average molecular weight is 328 g/mol. The van der Waals surface area contributed by atoms with Crippen LogP contribution in [0.2, 0.25) is 0 Å². The largest absolute Gasteiger partial charge is 0.439 e. The lowest BCUT2D eigenvalue weighted by Gasteiger charge is -2.11. The van der Waals surface area contributed by atoms with Crippen LogP contribution < -0.4 is 15.4 Å². The number of nitrogens with zero attached hydrogens (tertiary/aromatic N) is 2. The Hall–Kier alpha value is -2.63. The highest BCUT2D eigenvalue weighted by molar-refractivity contribution is 5.79. The van der Waals surface area contributed by atoms with Gasteiger partial charge in [0.25, 0.3) is 0 Å². The number of benzene rings is 1. The monoisotopic (exact) mass is 328 g/mol. The number of aromatic nitrogens is 1. The van der Waals surface area contributed by atoms with E-state index in [0.29, 0.717) is 18.2 Å². The van der Waals surface area contributed by atoms with Crippen LogP contribution in [0.3, 0.4) is 0 Å². The predicted molar refractivity (Wildman–Crippen MR) is 91.6 cm³/mol. The van der Waals surface area contributed by atoms with Crippen molar-refractivity contribution in [1.29, 1.82) is 0 Å². The zero-order valence-electron chi connectivity index (χ0n) is 13.6. The maximum Gasteiger partial charge on any atom is 0.219 e. The zero-order chi connectivity index (χ0) is 16.8. The molecule has 24 heavy (non-hydrogen) atoms. The predicted octanol–water partition coefficient (Wildman–Crippen LogP) is 3.09. The van der Waals surface area contributed by atoms with Crippen molar-refractivity contribution in [3.63, 3.8) is 0 Å². The smallest absolute Gasteiger partial charge is 0.219 e. The van der Waals surface area contributed by atoms with E-state index in [9.17, 15) is 4.39 Å².